The molecule has 3 N–H and O–H groups in total. The van der Waals surface area contributed by atoms with Gasteiger partial charge in [-0.15, -0.1) is 0 Å². The second kappa shape index (κ2) is 4.81. The van der Waals surface area contributed by atoms with Gasteiger partial charge >= 0.3 is 5.97 Å². The molecule has 14 heavy (non-hydrogen) atoms. The molecule has 3 nitrogen and oxygen atoms in total. The highest BCUT2D eigenvalue weighted by molar-refractivity contribution is 9.09. The van der Waals surface area contributed by atoms with Gasteiger partial charge in [-0.25, -0.2) is 4.79 Å². The first kappa shape index (κ1) is 10.8. The molecule has 0 spiro atoms. The Kier molecular flexibility index (Phi) is 3.71. The van der Waals surface area contributed by atoms with Crippen molar-refractivity contribution in [2.45, 2.75) is 0 Å². The van der Waals surface area contributed by atoms with Gasteiger partial charge in [0.05, 0.1) is 11.3 Å². The fourth-order valence-corrected chi connectivity index (χ4v) is 1.27. The summed E-state index contributed by atoms with van der Waals surface area (Å²) >= 11 is 3.23. The summed E-state index contributed by atoms with van der Waals surface area (Å²) in [4.78, 5) is 10.7. The van der Waals surface area contributed by atoms with Crippen LogP contribution in [0.4, 0.5) is 5.69 Å². The number of benzene rings is 1. The topological polar surface area (TPSA) is 63.3 Å². The maximum Gasteiger partial charge on any atom is 0.337 e. The molecule has 0 aliphatic carbocycles. The first-order valence-electron chi connectivity index (χ1n) is 4.01. The molecule has 0 bridgehead atoms. The highest BCUT2D eigenvalue weighted by Crippen LogP contribution is 2.18. The van der Waals surface area contributed by atoms with E-state index in [0.717, 1.165) is 5.56 Å². The Labute approximate surface area is 90.4 Å². The van der Waals surface area contributed by atoms with Crippen LogP contribution in [0.5, 0.6) is 0 Å². The maximum absolute atomic E-state index is 10.7. The van der Waals surface area contributed by atoms with E-state index in [0.29, 0.717) is 11.0 Å². The molecule has 0 aliphatic rings. The zero-order chi connectivity index (χ0) is 10.6. The lowest BCUT2D eigenvalue weighted by Crippen LogP contribution is -2.03. The normalized spacial score (nSPS) is 10.6. The predicted molar refractivity (Wildman–Crippen MR) is 60.6 cm³/mol. The Morgan fingerprint density at radius 3 is 2.86 bits per heavy atom. The van der Waals surface area contributed by atoms with Gasteiger partial charge in [0.25, 0.3) is 0 Å². The van der Waals surface area contributed by atoms with Crippen molar-refractivity contribution in [2.24, 2.45) is 0 Å². The third kappa shape index (κ3) is 2.35. The Morgan fingerprint density at radius 1 is 1.57 bits per heavy atom. The quantitative estimate of drug-likeness (QED) is 0.644. The molecule has 0 atom stereocenters. The predicted octanol–water partition coefficient (Wildman–Crippen LogP) is 2.38. The van der Waals surface area contributed by atoms with Crippen molar-refractivity contribution in [2.75, 3.05) is 11.1 Å². The van der Waals surface area contributed by atoms with Crippen LogP contribution >= 0.6 is 15.9 Å². The number of halogens is 1. The van der Waals surface area contributed by atoms with Crippen LogP contribution in [-0.2, 0) is 0 Å². The Morgan fingerprint density at radius 2 is 2.29 bits per heavy atom. The summed E-state index contributed by atoms with van der Waals surface area (Å²) in [5.74, 6) is -1.00. The lowest BCUT2D eigenvalue weighted by molar-refractivity contribution is 0.0698. The van der Waals surface area contributed by atoms with Crippen molar-refractivity contribution >= 4 is 33.7 Å². The van der Waals surface area contributed by atoms with Crippen LogP contribution in [0, 0.1) is 0 Å². The van der Waals surface area contributed by atoms with Gasteiger partial charge in [0.2, 0.25) is 0 Å². The van der Waals surface area contributed by atoms with Gasteiger partial charge in [-0.1, -0.05) is 40.2 Å². The maximum atomic E-state index is 10.7. The standard InChI is InChI=1S/C10H10BrNO2/c11-6-2-4-7-3-1-5-8(9(7)12)10(13)14/h1-5H,6,12H2,(H,13,14). The molecule has 0 heterocycles. The van der Waals surface area contributed by atoms with Gasteiger partial charge in [-0.2, -0.15) is 0 Å². The molecular weight excluding hydrogens is 246 g/mol. The second-order valence-electron chi connectivity index (χ2n) is 2.67. The second-order valence-corrected chi connectivity index (χ2v) is 3.32. The molecule has 0 saturated heterocycles. The summed E-state index contributed by atoms with van der Waals surface area (Å²) in [6, 6.07) is 4.94. The van der Waals surface area contributed by atoms with Crippen LogP contribution in [0.2, 0.25) is 0 Å². The molecule has 0 aliphatic heterocycles. The number of alkyl halides is 1. The number of hydrogen-bond acceptors (Lipinski definition) is 2. The number of rotatable bonds is 3. The van der Waals surface area contributed by atoms with Gasteiger partial charge in [-0.05, 0) is 11.6 Å². The van der Waals surface area contributed by atoms with Gasteiger partial charge in [0.1, 0.15) is 0 Å². The van der Waals surface area contributed by atoms with Crippen LogP contribution in [-0.4, -0.2) is 16.4 Å². The lowest BCUT2D eigenvalue weighted by Gasteiger charge is -2.03. The SMILES string of the molecule is Nc1c(C=CCBr)cccc1C(=O)O. The van der Waals surface area contributed by atoms with E-state index in [1.165, 1.54) is 6.07 Å². The average Bonchev–Trinajstić information content (AvgIpc) is 2.16. The Balaban J connectivity index is 3.14. The zero-order valence-electron chi connectivity index (χ0n) is 7.40. The van der Waals surface area contributed by atoms with Crippen molar-refractivity contribution in [3.05, 3.63) is 35.4 Å². The van der Waals surface area contributed by atoms with E-state index in [1.54, 1.807) is 18.2 Å². The first-order chi connectivity index (χ1) is 6.66. The Hall–Kier alpha value is -1.29. The monoisotopic (exact) mass is 255 g/mol. The average molecular weight is 256 g/mol. The minimum atomic E-state index is -1.00. The molecule has 1 aromatic rings. The van der Waals surface area contributed by atoms with E-state index >= 15 is 0 Å². The number of hydrogen-bond donors (Lipinski definition) is 2. The number of para-hydroxylation sites is 1. The molecule has 1 rings (SSSR count). The minimum Gasteiger partial charge on any atom is -0.478 e. The molecule has 4 heteroatoms. The zero-order valence-corrected chi connectivity index (χ0v) is 8.99. The summed E-state index contributed by atoms with van der Waals surface area (Å²) in [5.41, 5.74) is 6.85. The fraction of sp³-hybridized carbons (Fsp3) is 0.100. The number of carboxylic acid groups (broad SMARTS) is 1. The number of nitrogen functional groups attached to an aromatic ring is 1. The number of anilines is 1. The summed E-state index contributed by atoms with van der Waals surface area (Å²) in [7, 11) is 0. The summed E-state index contributed by atoms with van der Waals surface area (Å²) in [6.07, 6.45) is 3.65. The molecule has 74 valence electrons. The van der Waals surface area contributed by atoms with Crippen LogP contribution in [0.3, 0.4) is 0 Å². The molecule has 0 radical (unpaired) electrons. The van der Waals surface area contributed by atoms with Crippen molar-refractivity contribution in [1.82, 2.24) is 0 Å². The number of allylic oxidation sites excluding steroid dienone is 1. The largest absolute Gasteiger partial charge is 0.478 e. The van der Waals surface area contributed by atoms with Gasteiger partial charge in [0, 0.05) is 5.33 Å². The summed E-state index contributed by atoms with van der Waals surface area (Å²) in [6.45, 7) is 0. The number of aromatic carboxylic acids is 1. The van der Waals surface area contributed by atoms with Crippen molar-refractivity contribution in [3.63, 3.8) is 0 Å². The Bertz CT molecular complexity index is 374. The summed E-state index contributed by atoms with van der Waals surface area (Å²) in [5, 5.41) is 9.51. The lowest BCUT2D eigenvalue weighted by atomic mass is 10.1. The summed E-state index contributed by atoms with van der Waals surface area (Å²) < 4.78 is 0. The number of nitrogens with two attached hydrogens (primary N) is 1. The van der Waals surface area contributed by atoms with Crippen LogP contribution in [0.1, 0.15) is 15.9 Å². The highest BCUT2D eigenvalue weighted by Gasteiger charge is 2.08. The van der Waals surface area contributed by atoms with Gasteiger partial charge < -0.3 is 10.8 Å². The van der Waals surface area contributed by atoms with Crippen LogP contribution in [0.25, 0.3) is 6.08 Å². The molecule has 0 amide bonds. The van der Waals surface area contributed by atoms with Crippen LogP contribution < -0.4 is 5.73 Å². The smallest absolute Gasteiger partial charge is 0.337 e. The van der Waals surface area contributed by atoms with E-state index in [2.05, 4.69) is 15.9 Å². The molecular formula is C10H10BrNO2. The van der Waals surface area contributed by atoms with Crippen molar-refractivity contribution in [3.8, 4) is 0 Å². The molecule has 0 unspecified atom stereocenters. The number of carboxylic acids is 1. The van der Waals surface area contributed by atoms with Crippen LogP contribution in [0.15, 0.2) is 24.3 Å². The minimum absolute atomic E-state index is 0.140. The van der Waals surface area contributed by atoms with Gasteiger partial charge in [0.15, 0.2) is 0 Å². The third-order valence-corrected chi connectivity index (χ3v) is 2.13. The number of carbonyl (C=O) groups is 1. The molecule has 1 aromatic carbocycles. The molecule has 0 fully saturated rings. The first-order valence-corrected chi connectivity index (χ1v) is 5.13. The molecule has 0 aromatic heterocycles. The van der Waals surface area contributed by atoms with E-state index in [-0.39, 0.29) is 5.56 Å². The van der Waals surface area contributed by atoms with E-state index < -0.39 is 5.97 Å². The van der Waals surface area contributed by atoms with Crippen molar-refractivity contribution < 1.29 is 9.90 Å². The highest BCUT2D eigenvalue weighted by atomic mass is 79.9. The fourth-order valence-electron chi connectivity index (χ4n) is 1.09. The van der Waals surface area contributed by atoms with E-state index in [1.807, 2.05) is 6.08 Å². The third-order valence-electron chi connectivity index (χ3n) is 1.76. The van der Waals surface area contributed by atoms with Crippen molar-refractivity contribution in [1.29, 1.82) is 0 Å². The van der Waals surface area contributed by atoms with E-state index in [9.17, 15) is 4.79 Å². The van der Waals surface area contributed by atoms with E-state index in [4.69, 9.17) is 10.8 Å². The van der Waals surface area contributed by atoms with Gasteiger partial charge in [-0.3, -0.25) is 0 Å². The molecule has 0 saturated carbocycles.